The fraction of sp³-hybridized carbons (Fsp3) is 0.409. The number of aromatic nitrogens is 4. The number of nitrogens with one attached hydrogen (secondary N) is 1. The molecule has 1 atom stereocenters. The summed E-state index contributed by atoms with van der Waals surface area (Å²) in [6, 6.07) is 8.70. The summed E-state index contributed by atoms with van der Waals surface area (Å²) in [5.41, 5.74) is 5.47. The highest BCUT2D eigenvalue weighted by Crippen LogP contribution is 2.21. The van der Waals surface area contributed by atoms with E-state index in [9.17, 15) is 4.39 Å². The van der Waals surface area contributed by atoms with Crippen molar-refractivity contribution in [1.29, 1.82) is 0 Å². The van der Waals surface area contributed by atoms with Crippen LogP contribution in [0, 0.1) is 33.5 Å². The van der Waals surface area contributed by atoms with Crippen molar-refractivity contribution in [2.24, 2.45) is 0 Å². The van der Waals surface area contributed by atoms with Gasteiger partial charge in [-0.15, -0.1) is 0 Å². The molecule has 0 radical (unpaired) electrons. The van der Waals surface area contributed by atoms with Gasteiger partial charge in [-0.25, -0.2) is 14.4 Å². The lowest BCUT2D eigenvalue weighted by Gasteiger charge is -2.15. The van der Waals surface area contributed by atoms with Crippen LogP contribution in [0.5, 0.6) is 0 Å². The molecule has 2 heterocycles. The van der Waals surface area contributed by atoms with Crippen molar-refractivity contribution in [3.05, 3.63) is 70.2 Å². The third kappa shape index (κ3) is 4.74. The zero-order valence-electron chi connectivity index (χ0n) is 17.3. The fourth-order valence-corrected chi connectivity index (χ4v) is 3.28. The van der Waals surface area contributed by atoms with Gasteiger partial charge in [0.15, 0.2) is 0 Å². The molecular weight excluding hydrogens is 353 g/mol. The molecule has 6 heteroatoms. The average Bonchev–Trinajstić information content (AvgIpc) is 2.88. The molecule has 0 aliphatic rings. The first-order valence-electron chi connectivity index (χ1n) is 9.68. The summed E-state index contributed by atoms with van der Waals surface area (Å²) in [6.45, 7) is 11.8. The van der Waals surface area contributed by atoms with Gasteiger partial charge in [-0.3, -0.25) is 4.68 Å². The van der Waals surface area contributed by atoms with Gasteiger partial charge in [-0.2, -0.15) is 5.10 Å². The molecule has 1 aromatic carbocycles. The van der Waals surface area contributed by atoms with Crippen LogP contribution in [-0.2, 0) is 13.0 Å². The van der Waals surface area contributed by atoms with Crippen LogP contribution >= 0.6 is 0 Å². The van der Waals surface area contributed by atoms with Crippen molar-refractivity contribution < 1.29 is 4.39 Å². The Morgan fingerprint density at radius 1 is 1.11 bits per heavy atom. The molecule has 3 aromatic rings. The number of anilines is 1. The van der Waals surface area contributed by atoms with Crippen LogP contribution in [0.4, 0.5) is 10.2 Å². The Morgan fingerprint density at radius 3 is 2.57 bits per heavy atom. The number of nitrogens with zero attached hydrogens (tertiary/aromatic N) is 4. The summed E-state index contributed by atoms with van der Waals surface area (Å²) >= 11 is 0. The van der Waals surface area contributed by atoms with Crippen LogP contribution in [-0.4, -0.2) is 26.3 Å². The van der Waals surface area contributed by atoms with Crippen LogP contribution in [0.1, 0.15) is 46.9 Å². The van der Waals surface area contributed by atoms with Crippen LogP contribution in [0.25, 0.3) is 0 Å². The molecule has 5 nitrogen and oxygen atoms in total. The highest BCUT2D eigenvalue weighted by atomic mass is 19.1. The second kappa shape index (κ2) is 8.50. The van der Waals surface area contributed by atoms with E-state index in [-0.39, 0.29) is 11.7 Å². The van der Waals surface area contributed by atoms with E-state index in [1.165, 1.54) is 17.3 Å². The minimum atomic E-state index is -0.203. The number of hydrogen-bond donors (Lipinski definition) is 1. The zero-order valence-corrected chi connectivity index (χ0v) is 17.3. The topological polar surface area (TPSA) is 55.6 Å². The Labute approximate surface area is 166 Å². The number of hydrogen-bond acceptors (Lipinski definition) is 4. The van der Waals surface area contributed by atoms with E-state index in [0.717, 1.165) is 41.6 Å². The molecule has 28 heavy (non-hydrogen) atoms. The molecule has 2 aromatic heterocycles. The maximum absolute atomic E-state index is 13.3. The predicted octanol–water partition coefficient (Wildman–Crippen LogP) is 4.50. The van der Waals surface area contributed by atoms with Gasteiger partial charge in [-0.1, -0.05) is 19.1 Å². The minimum Gasteiger partial charge on any atom is -0.370 e. The first kappa shape index (κ1) is 20.0. The van der Waals surface area contributed by atoms with Crippen LogP contribution < -0.4 is 5.32 Å². The van der Waals surface area contributed by atoms with Gasteiger partial charge >= 0.3 is 0 Å². The molecule has 0 spiro atoms. The van der Waals surface area contributed by atoms with Crippen LogP contribution in [0.3, 0.4) is 0 Å². The molecule has 1 N–H and O–H groups in total. The molecule has 0 unspecified atom stereocenters. The second-order valence-electron chi connectivity index (χ2n) is 7.41. The van der Waals surface area contributed by atoms with E-state index in [4.69, 9.17) is 0 Å². The van der Waals surface area contributed by atoms with Gasteiger partial charge in [0, 0.05) is 30.8 Å². The molecule has 0 aliphatic carbocycles. The Kier molecular flexibility index (Phi) is 6.07. The Balaban J connectivity index is 1.67. The normalized spacial score (nSPS) is 12.2. The third-order valence-electron chi connectivity index (χ3n) is 5.16. The molecule has 0 saturated carbocycles. The van der Waals surface area contributed by atoms with Crippen molar-refractivity contribution >= 4 is 5.82 Å². The Morgan fingerprint density at radius 2 is 1.89 bits per heavy atom. The van der Waals surface area contributed by atoms with Gasteiger partial charge in [0.2, 0.25) is 0 Å². The van der Waals surface area contributed by atoms with Crippen LogP contribution in [0.2, 0.25) is 0 Å². The summed E-state index contributed by atoms with van der Waals surface area (Å²) in [4.78, 5) is 9.11. The zero-order chi connectivity index (χ0) is 20.3. The van der Waals surface area contributed by atoms with Crippen molar-refractivity contribution in [3.8, 4) is 0 Å². The van der Waals surface area contributed by atoms with Crippen LogP contribution in [0.15, 0.2) is 30.3 Å². The minimum absolute atomic E-state index is 0.203. The van der Waals surface area contributed by atoms with Gasteiger partial charge in [0.05, 0.1) is 11.4 Å². The molecule has 0 fully saturated rings. The summed E-state index contributed by atoms with van der Waals surface area (Å²) in [6.07, 6.45) is 0.733. The average molecular weight is 381 g/mol. The number of aryl methyl sites for hydroxylation is 2. The molecule has 3 rings (SSSR count). The maximum atomic E-state index is 13.3. The molecule has 0 bridgehead atoms. The van der Waals surface area contributed by atoms with Gasteiger partial charge in [0.25, 0.3) is 0 Å². The smallest absolute Gasteiger partial charge is 0.129 e. The first-order chi connectivity index (χ1) is 13.3. The Hall–Kier alpha value is -2.76. The van der Waals surface area contributed by atoms with E-state index in [1.54, 1.807) is 12.1 Å². The maximum Gasteiger partial charge on any atom is 0.129 e. The van der Waals surface area contributed by atoms with Crippen molar-refractivity contribution in [3.63, 3.8) is 0 Å². The second-order valence-corrected chi connectivity index (χ2v) is 7.41. The van der Waals surface area contributed by atoms with E-state index < -0.39 is 0 Å². The van der Waals surface area contributed by atoms with E-state index in [0.29, 0.717) is 6.54 Å². The van der Waals surface area contributed by atoms with Crippen molar-refractivity contribution in [2.75, 3.05) is 11.9 Å². The van der Waals surface area contributed by atoms with Gasteiger partial charge in [-0.05, 0) is 57.4 Å². The quantitative estimate of drug-likeness (QED) is 0.654. The predicted molar refractivity (Wildman–Crippen MR) is 110 cm³/mol. The molecular formula is C22H28FN5. The van der Waals surface area contributed by atoms with E-state index in [2.05, 4.69) is 45.8 Å². The number of halogens is 1. The van der Waals surface area contributed by atoms with Crippen molar-refractivity contribution in [2.45, 2.75) is 53.5 Å². The fourth-order valence-electron chi connectivity index (χ4n) is 3.28. The lowest BCUT2D eigenvalue weighted by atomic mass is 10.1. The summed E-state index contributed by atoms with van der Waals surface area (Å²) < 4.78 is 15.4. The first-order valence-corrected chi connectivity index (χ1v) is 9.68. The molecule has 0 saturated heterocycles. The van der Waals surface area contributed by atoms with E-state index in [1.807, 2.05) is 26.0 Å². The lowest BCUT2D eigenvalue weighted by molar-refractivity contribution is 0.519. The van der Waals surface area contributed by atoms with Gasteiger partial charge < -0.3 is 5.32 Å². The molecule has 0 aliphatic heterocycles. The summed E-state index contributed by atoms with van der Waals surface area (Å²) in [5, 5.41) is 7.98. The lowest BCUT2D eigenvalue weighted by Crippen LogP contribution is -2.13. The summed E-state index contributed by atoms with van der Waals surface area (Å²) in [7, 11) is 0. The molecule has 0 amide bonds. The summed E-state index contributed by atoms with van der Waals surface area (Å²) in [5.74, 6) is 1.55. The monoisotopic (exact) mass is 381 g/mol. The number of rotatable bonds is 7. The van der Waals surface area contributed by atoms with Crippen molar-refractivity contribution in [1.82, 2.24) is 19.7 Å². The SMILES string of the molecule is Cc1nc(NCCc2cccc(F)c2)cc([C@H](C)Cn2nc(C)c(C)c2C)n1. The standard InChI is InChI=1S/C22H28FN5/c1-14(13-28-17(4)15(2)16(3)27-28)21-12-22(26-18(5)25-21)24-10-9-19-7-6-8-20(23)11-19/h6-8,11-12,14H,9-10,13H2,1-5H3,(H,24,25,26)/t14-/m1/s1. The van der Waals surface area contributed by atoms with Gasteiger partial charge in [0.1, 0.15) is 17.5 Å². The van der Waals surface area contributed by atoms with E-state index >= 15 is 0 Å². The third-order valence-corrected chi connectivity index (χ3v) is 5.16. The highest BCUT2D eigenvalue weighted by molar-refractivity contribution is 5.37. The largest absolute Gasteiger partial charge is 0.370 e. The Bertz CT molecular complexity index is 964. The highest BCUT2D eigenvalue weighted by Gasteiger charge is 2.14. The molecule has 148 valence electrons. The number of benzene rings is 1.